The summed E-state index contributed by atoms with van der Waals surface area (Å²) in [5, 5.41) is 2.47. The molecule has 2 heteroatoms. The number of fused-ring (bicyclic) bond motifs is 16. The Morgan fingerprint density at radius 2 is 0.878 bits per heavy atom. The van der Waals surface area contributed by atoms with Gasteiger partial charge in [0.15, 0.2) is 0 Å². The van der Waals surface area contributed by atoms with Gasteiger partial charge < -0.3 is 9.47 Å². The standard InChI is InChI=1S/C72H60N2/c1-69(2,3)45-33-37-51-52-38-34-46(70(4,5)6)42-64(52)72(63(51)41-45)60-29-17-12-23-50(60)58-43-48(36-40-61(58)72)73(49-35-39-55-53-24-14-19-32-66(53)74(67(55)44-49)47-21-10-9-11-22-47)65-31-18-15-25-54(65)56-27-20-30-62-68(56)57-26-13-16-28-59(57)71(62,7)8/h9-44H,1-8H3. The Kier molecular flexibility index (Phi) is 9.41. The molecule has 0 N–H and O–H groups in total. The minimum absolute atomic E-state index is 0.0235. The van der Waals surface area contributed by atoms with Crippen LogP contribution < -0.4 is 4.90 Å². The first-order chi connectivity index (χ1) is 35.7. The van der Waals surface area contributed by atoms with Gasteiger partial charge in [0.05, 0.1) is 22.1 Å². The zero-order valence-corrected chi connectivity index (χ0v) is 43.7. The third-order valence-electron chi connectivity index (χ3n) is 17.1. The van der Waals surface area contributed by atoms with Gasteiger partial charge in [-0.15, -0.1) is 0 Å². The molecule has 0 amide bonds. The van der Waals surface area contributed by atoms with E-state index in [0.717, 1.165) is 22.7 Å². The fraction of sp³-hybridized carbons (Fsp3) is 0.167. The molecule has 0 fully saturated rings. The summed E-state index contributed by atoms with van der Waals surface area (Å²) in [4.78, 5) is 2.55. The van der Waals surface area contributed by atoms with Gasteiger partial charge in [0.2, 0.25) is 0 Å². The van der Waals surface area contributed by atoms with E-state index in [-0.39, 0.29) is 16.2 Å². The van der Waals surface area contributed by atoms with Crippen molar-refractivity contribution in [3.8, 4) is 50.2 Å². The van der Waals surface area contributed by atoms with Crippen LogP contribution in [0, 0.1) is 0 Å². The predicted octanol–water partition coefficient (Wildman–Crippen LogP) is 19.2. The molecule has 10 aromatic carbocycles. The van der Waals surface area contributed by atoms with Gasteiger partial charge in [-0.25, -0.2) is 0 Å². The summed E-state index contributed by atoms with van der Waals surface area (Å²) >= 11 is 0. The van der Waals surface area contributed by atoms with Crippen molar-refractivity contribution in [3.05, 3.63) is 263 Å². The van der Waals surface area contributed by atoms with Gasteiger partial charge in [-0.3, -0.25) is 0 Å². The number of benzene rings is 10. The largest absolute Gasteiger partial charge is 0.310 e. The number of aromatic nitrogens is 1. The zero-order valence-electron chi connectivity index (χ0n) is 43.7. The maximum atomic E-state index is 2.55. The van der Waals surface area contributed by atoms with Crippen LogP contribution in [0.5, 0.6) is 0 Å². The van der Waals surface area contributed by atoms with Crippen LogP contribution in [-0.2, 0) is 21.7 Å². The molecule has 11 aromatic rings. The molecule has 2 nitrogen and oxygen atoms in total. The summed E-state index contributed by atoms with van der Waals surface area (Å²) in [5.74, 6) is 0. The molecular weight excluding hydrogens is 893 g/mol. The Hall–Kier alpha value is -8.20. The van der Waals surface area contributed by atoms with Gasteiger partial charge in [0, 0.05) is 38.8 Å². The average Bonchev–Trinajstić information content (AvgIpc) is 4.08. The molecule has 0 saturated carbocycles. The van der Waals surface area contributed by atoms with Crippen LogP contribution >= 0.6 is 0 Å². The lowest BCUT2D eigenvalue weighted by Crippen LogP contribution is -2.27. The van der Waals surface area contributed by atoms with Crippen molar-refractivity contribution >= 4 is 38.9 Å². The molecule has 0 saturated heterocycles. The van der Waals surface area contributed by atoms with Gasteiger partial charge in [0.1, 0.15) is 0 Å². The number of anilines is 3. The molecule has 1 aromatic heterocycles. The van der Waals surface area contributed by atoms with Crippen LogP contribution in [0.2, 0.25) is 0 Å². The molecule has 0 radical (unpaired) electrons. The van der Waals surface area contributed by atoms with Gasteiger partial charge in [-0.2, -0.15) is 0 Å². The van der Waals surface area contributed by atoms with Crippen molar-refractivity contribution in [2.75, 3.05) is 4.90 Å². The smallest absolute Gasteiger partial charge is 0.0725 e. The highest BCUT2D eigenvalue weighted by atomic mass is 15.1. The van der Waals surface area contributed by atoms with Crippen molar-refractivity contribution in [3.63, 3.8) is 0 Å². The summed E-state index contributed by atoms with van der Waals surface area (Å²) in [6, 6.07) is 83.3. The first-order valence-electron chi connectivity index (χ1n) is 26.5. The lowest BCUT2D eigenvalue weighted by atomic mass is 9.69. The van der Waals surface area contributed by atoms with E-state index in [2.05, 4.69) is 283 Å². The summed E-state index contributed by atoms with van der Waals surface area (Å²) in [6.45, 7) is 18.8. The Bertz CT molecular complexity index is 4070. The molecule has 1 heterocycles. The fourth-order valence-corrected chi connectivity index (χ4v) is 13.5. The lowest BCUT2D eigenvalue weighted by molar-refractivity contribution is 0.586. The van der Waals surface area contributed by atoms with Crippen LogP contribution in [0.3, 0.4) is 0 Å². The second-order valence-electron chi connectivity index (χ2n) is 23.7. The summed E-state index contributed by atoms with van der Waals surface area (Å²) < 4.78 is 2.44. The van der Waals surface area contributed by atoms with Crippen molar-refractivity contribution in [1.29, 1.82) is 0 Å². The third kappa shape index (κ3) is 6.18. The van der Waals surface area contributed by atoms with E-state index in [1.54, 1.807) is 0 Å². The van der Waals surface area contributed by atoms with Crippen LogP contribution in [0.4, 0.5) is 17.1 Å². The van der Waals surface area contributed by atoms with E-state index in [1.807, 2.05) is 0 Å². The van der Waals surface area contributed by atoms with Gasteiger partial charge in [-0.05, 0) is 143 Å². The first-order valence-corrected chi connectivity index (χ1v) is 26.5. The molecule has 74 heavy (non-hydrogen) atoms. The van der Waals surface area contributed by atoms with Crippen molar-refractivity contribution < 1.29 is 0 Å². The van der Waals surface area contributed by atoms with Crippen molar-refractivity contribution in [1.82, 2.24) is 4.57 Å². The maximum absolute atomic E-state index is 2.55. The van der Waals surface area contributed by atoms with E-state index in [0.29, 0.717) is 0 Å². The molecule has 0 bridgehead atoms. The second-order valence-corrected chi connectivity index (χ2v) is 23.7. The monoisotopic (exact) mass is 952 g/mol. The van der Waals surface area contributed by atoms with Crippen LogP contribution in [0.1, 0.15) is 99.9 Å². The molecule has 1 spiro atoms. The number of hydrogen-bond acceptors (Lipinski definition) is 1. The van der Waals surface area contributed by atoms with Crippen LogP contribution in [-0.4, -0.2) is 4.57 Å². The molecule has 3 aliphatic carbocycles. The minimum atomic E-state index is -0.499. The number of rotatable bonds is 5. The second kappa shape index (κ2) is 15.7. The van der Waals surface area contributed by atoms with E-state index < -0.39 is 5.41 Å². The molecular formula is C72H60N2. The number of hydrogen-bond donors (Lipinski definition) is 0. The highest BCUT2D eigenvalue weighted by molar-refractivity contribution is 6.11. The molecule has 0 atom stereocenters. The van der Waals surface area contributed by atoms with Gasteiger partial charge in [0.25, 0.3) is 0 Å². The summed E-state index contributed by atoms with van der Waals surface area (Å²) in [5.41, 5.74) is 27.4. The van der Waals surface area contributed by atoms with Gasteiger partial charge >= 0.3 is 0 Å². The molecule has 14 rings (SSSR count). The third-order valence-corrected chi connectivity index (χ3v) is 17.1. The van der Waals surface area contributed by atoms with E-state index >= 15 is 0 Å². The normalized spacial score (nSPS) is 14.4. The molecule has 3 aliphatic rings. The Morgan fingerprint density at radius 1 is 0.351 bits per heavy atom. The minimum Gasteiger partial charge on any atom is -0.310 e. The topological polar surface area (TPSA) is 8.17 Å². The lowest BCUT2D eigenvalue weighted by Gasteiger charge is -2.33. The Labute approximate surface area is 436 Å². The van der Waals surface area contributed by atoms with Crippen LogP contribution in [0.15, 0.2) is 218 Å². The zero-order chi connectivity index (χ0) is 50.5. The molecule has 0 unspecified atom stereocenters. The quantitative estimate of drug-likeness (QED) is 0.167. The SMILES string of the molecule is CC(C)(C)c1ccc2c(c1)C1(c3ccccc3-c3cc(N(c4ccc5c6ccccc6n(-c6ccccc6)c5c4)c4ccccc4-c4cccc5c4-c4ccccc4C5(C)C)ccc31)c1cc(C(C)(C)C)ccc1-2. The molecule has 358 valence electrons. The highest BCUT2D eigenvalue weighted by Gasteiger charge is 2.52. The highest BCUT2D eigenvalue weighted by Crippen LogP contribution is 2.64. The van der Waals surface area contributed by atoms with Crippen LogP contribution in [0.25, 0.3) is 72.0 Å². The fourth-order valence-electron chi connectivity index (χ4n) is 13.5. The Balaban J connectivity index is 1.06. The number of para-hydroxylation sites is 3. The maximum Gasteiger partial charge on any atom is 0.0725 e. The summed E-state index contributed by atoms with van der Waals surface area (Å²) in [7, 11) is 0. The van der Waals surface area contributed by atoms with E-state index in [9.17, 15) is 0 Å². The number of nitrogens with zero attached hydrogens (tertiary/aromatic N) is 2. The van der Waals surface area contributed by atoms with E-state index in [4.69, 9.17) is 0 Å². The first kappa shape index (κ1) is 44.5. The van der Waals surface area contributed by atoms with E-state index in [1.165, 1.54) is 111 Å². The Morgan fingerprint density at radius 3 is 1.59 bits per heavy atom. The van der Waals surface area contributed by atoms with Crippen molar-refractivity contribution in [2.24, 2.45) is 0 Å². The molecule has 0 aliphatic heterocycles. The predicted molar refractivity (Wildman–Crippen MR) is 312 cm³/mol. The van der Waals surface area contributed by atoms with Gasteiger partial charge in [-0.1, -0.05) is 225 Å². The van der Waals surface area contributed by atoms with Crippen molar-refractivity contribution in [2.45, 2.75) is 77.0 Å². The average molecular weight is 953 g/mol. The summed E-state index contributed by atoms with van der Waals surface area (Å²) in [6.07, 6.45) is 0.